The predicted octanol–water partition coefficient (Wildman–Crippen LogP) is 4.16. The number of hydrogen-bond donors (Lipinski definition) is 1. The van der Waals surface area contributed by atoms with E-state index in [4.69, 9.17) is 0 Å². The molecule has 0 aromatic rings. The number of carbonyl (C=O) groups is 2. The first-order valence-corrected chi connectivity index (χ1v) is 9.11. The van der Waals surface area contributed by atoms with E-state index in [1.54, 1.807) is 24.0 Å². The first-order valence-electron chi connectivity index (χ1n) is 9.11. The minimum atomic E-state index is -0.294. The van der Waals surface area contributed by atoms with Crippen LogP contribution in [0.25, 0.3) is 0 Å². The molecule has 25 heavy (non-hydrogen) atoms. The Bertz CT molecular complexity index is 516. The van der Waals surface area contributed by atoms with Crippen LogP contribution in [0.15, 0.2) is 48.6 Å². The van der Waals surface area contributed by atoms with Gasteiger partial charge in [0.15, 0.2) is 0 Å². The molecule has 4 nitrogen and oxygen atoms in total. The molecule has 0 aliphatic heterocycles. The van der Waals surface area contributed by atoms with Crippen LogP contribution in [-0.4, -0.2) is 35.3 Å². The van der Waals surface area contributed by atoms with Crippen LogP contribution in [0.5, 0.6) is 0 Å². The molecule has 0 bridgehead atoms. The van der Waals surface area contributed by atoms with Crippen molar-refractivity contribution in [1.82, 2.24) is 10.2 Å². The van der Waals surface area contributed by atoms with Crippen molar-refractivity contribution in [2.45, 2.75) is 66.0 Å². The number of unbranched alkanes of at least 4 members (excludes halogenated alkanes) is 1. The molecule has 0 saturated heterocycles. The normalized spacial score (nSPS) is 13.4. The largest absolute Gasteiger partial charge is 0.349 e. The van der Waals surface area contributed by atoms with Gasteiger partial charge in [0.2, 0.25) is 0 Å². The second-order valence-electron chi connectivity index (χ2n) is 6.32. The van der Waals surface area contributed by atoms with Gasteiger partial charge in [-0.2, -0.15) is 0 Å². The van der Waals surface area contributed by atoms with E-state index in [0.29, 0.717) is 6.54 Å². The SMILES string of the molecule is C=C/C=C\C=C/CN(C(=O)/C(=C\C)C(=O)NC(C)CCCC)C(C)C. The molecule has 0 saturated carbocycles. The van der Waals surface area contributed by atoms with E-state index in [2.05, 4.69) is 18.8 Å². The highest BCUT2D eigenvalue weighted by Gasteiger charge is 2.25. The summed E-state index contributed by atoms with van der Waals surface area (Å²) >= 11 is 0. The van der Waals surface area contributed by atoms with Crippen molar-refractivity contribution >= 4 is 11.8 Å². The van der Waals surface area contributed by atoms with E-state index in [1.807, 2.05) is 45.1 Å². The Morgan fingerprint density at radius 1 is 1.16 bits per heavy atom. The molecular weight excluding hydrogens is 312 g/mol. The maximum Gasteiger partial charge on any atom is 0.259 e. The topological polar surface area (TPSA) is 49.4 Å². The lowest BCUT2D eigenvalue weighted by Gasteiger charge is -2.26. The van der Waals surface area contributed by atoms with Gasteiger partial charge in [0.05, 0.1) is 0 Å². The zero-order valence-corrected chi connectivity index (χ0v) is 16.4. The molecule has 1 atom stereocenters. The van der Waals surface area contributed by atoms with Crippen LogP contribution in [0.3, 0.4) is 0 Å². The van der Waals surface area contributed by atoms with Crippen molar-refractivity contribution in [3.8, 4) is 0 Å². The van der Waals surface area contributed by atoms with Crippen LogP contribution < -0.4 is 5.32 Å². The molecule has 0 aliphatic rings. The minimum Gasteiger partial charge on any atom is -0.349 e. The maximum absolute atomic E-state index is 12.8. The van der Waals surface area contributed by atoms with E-state index >= 15 is 0 Å². The van der Waals surface area contributed by atoms with Crippen LogP contribution in [-0.2, 0) is 9.59 Å². The fourth-order valence-electron chi connectivity index (χ4n) is 2.31. The van der Waals surface area contributed by atoms with Gasteiger partial charge in [-0.1, -0.05) is 62.8 Å². The van der Waals surface area contributed by atoms with Crippen molar-refractivity contribution in [3.63, 3.8) is 0 Å². The lowest BCUT2D eigenvalue weighted by molar-refractivity contribution is -0.131. The van der Waals surface area contributed by atoms with Gasteiger partial charge in [-0.3, -0.25) is 9.59 Å². The second-order valence-corrected chi connectivity index (χ2v) is 6.32. The monoisotopic (exact) mass is 346 g/mol. The molecular formula is C21H34N2O2. The van der Waals surface area contributed by atoms with Gasteiger partial charge in [-0.05, 0) is 34.1 Å². The fourth-order valence-corrected chi connectivity index (χ4v) is 2.31. The van der Waals surface area contributed by atoms with E-state index in [9.17, 15) is 9.59 Å². The third-order valence-electron chi connectivity index (χ3n) is 3.81. The number of rotatable bonds is 11. The molecule has 0 aromatic heterocycles. The van der Waals surface area contributed by atoms with Crippen LogP contribution in [0.4, 0.5) is 0 Å². The third kappa shape index (κ3) is 9.08. The summed E-state index contributed by atoms with van der Waals surface area (Å²) in [6.45, 7) is 13.8. The Kier molecular flexibility index (Phi) is 12.1. The molecule has 0 heterocycles. The number of nitrogens with zero attached hydrogens (tertiary/aromatic N) is 1. The summed E-state index contributed by atoms with van der Waals surface area (Å²) in [5, 5.41) is 2.93. The standard InChI is InChI=1S/C21H34N2O2/c1-7-10-12-13-14-16-23(17(4)5)21(25)19(9-3)20(24)22-18(6)15-11-8-2/h7,9-10,12-14,17-18H,1,8,11,15-16H2,2-6H3,(H,22,24)/b12-10-,14-13-,19-9-. The number of allylic oxidation sites excluding steroid dienone is 5. The minimum absolute atomic E-state index is 0.000740. The van der Waals surface area contributed by atoms with E-state index in [0.717, 1.165) is 19.3 Å². The Hall–Kier alpha value is -2.10. The third-order valence-corrected chi connectivity index (χ3v) is 3.81. The molecule has 0 rings (SSSR count). The molecule has 0 aromatic carbocycles. The molecule has 4 heteroatoms. The van der Waals surface area contributed by atoms with Gasteiger partial charge in [-0.25, -0.2) is 0 Å². The van der Waals surface area contributed by atoms with Gasteiger partial charge in [0, 0.05) is 18.6 Å². The summed E-state index contributed by atoms with van der Waals surface area (Å²) in [5.74, 6) is -0.535. The molecule has 0 fully saturated rings. The second kappa shape index (κ2) is 13.2. The highest BCUT2D eigenvalue weighted by molar-refractivity contribution is 6.18. The quantitative estimate of drug-likeness (QED) is 0.264. The zero-order chi connectivity index (χ0) is 19.2. The van der Waals surface area contributed by atoms with Crippen LogP contribution >= 0.6 is 0 Å². The van der Waals surface area contributed by atoms with E-state index in [1.165, 1.54) is 0 Å². The van der Waals surface area contributed by atoms with Gasteiger partial charge in [-0.15, -0.1) is 0 Å². The van der Waals surface area contributed by atoms with Crippen LogP contribution in [0.1, 0.15) is 53.9 Å². The molecule has 0 aliphatic carbocycles. The van der Waals surface area contributed by atoms with Gasteiger partial charge >= 0.3 is 0 Å². The number of amides is 2. The summed E-state index contributed by atoms with van der Waals surface area (Å²) in [6.07, 6.45) is 13.8. The Morgan fingerprint density at radius 3 is 2.36 bits per heavy atom. The summed E-state index contributed by atoms with van der Waals surface area (Å²) in [4.78, 5) is 27.0. The predicted molar refractivity (Wildman–Crippen MR) is 106 cm³/mol. The van der Waals surface area contributed by atoms with Crippen LogP contribution in [0.2, 0.25) is 0 Å². The van der Waals surface area contributed by atoms with Crippen molar-refractivity contribution in [2.75, 3.05) is 6.54 Å². The Labute approximate surface area is 153 Å². The van der Waals surface area contributed by atoms with Crippen LogP contribution in [0, 0.1) is 0 Å². The highest BCUT2D eigenvalue weighted by Crippen LogP contribution is 2.09. The number of hydrogen-bond acceptors (Lipinski definition) is 2. The van der Waals surface area contributed by atoms with Gasteiger partial charge in [0.25, 0.3) is 11.8 Å². The molecule has 1 unspecified atom stereocenters. The first kappa shape index (κ1) is 22.9. The van der Waals surface area contributed by atoms with Crippen molar-refractivity contribution in [2.24, 2.45) is 0 Å². The first-order chi connectivity index (χ1) is 11.9. The van der Waals surface area contributed by atoms with Crippen molar-refractivity contribution in [1.29, 1.82) is 0 Å². The van der Waals surface area contributed by atoms with E-state index in [-0.39, 0.29) is 29.5 Å². The molecule has 140 valence electrons. The van der Waals surface area contributed by atoms with Gasteiger partial charge in [0.1, 0.15) is 5.57 Å². The fraction of sp³-hybridized carbons (Fsp3) is 0.524. The van der Waals surface area contributed by atoms with E-state index < -0.39 is 0 Å². The summed E-state index contributed by atoms with van der Waals surface area (Å²) in [7, 11) is 0. The lowest BCUT2D eigenvalue weighted by Crippen LogP contribution is -2.43. The summed E-state index contributed by atoms with van der Waals surface area (Å²) in [6, 6.07) is 0.0624. The maximum atomic E-state index is 12.8. The summed E-state index contributed by atoms with van der Waals surface area (Å²) < 4.78 is 0. The Balaban J connectivity index is 4.99. The highest BCUT2D eigenvalue weighted by atomic mass is 16.2. The lowest BCUT2D eigenvalue weighted by atomic mass is 10.1. The average molecular weight is 347 g/mol. The molecule has 1 N–H and O–H groups in total. The van der Waals surface area contributed by atoms with Gasteiger partial charge < -0.3 is 10.2 Å². The van der Waals surface area contributed by atoms with Crippen molar-refractivity contribution in [3.05, 3.63) is 48.6 Å². The number of carbonyl (C=O) groups excluding carboxylic acids is 2. The molecule has 0 radical (unpaired) electrons. The summed E-state index contributed by atoms with van der Waals surface area (Å²) in [5.41, 5.74) is 0.201. The Morgan fingerprint density at radius 2 is 1.84 bits per heavy atom. The molecule has 0 spiro atoms. The smallest absolute Gasteiger partial charge is 0.259 e. The zero-order valence-electron chi connectivity index (χ0n) is 16.4. The average Bonchev–Trinajstić information content (AvgIpc) is 2.56. The number of nitrogens with one attached hydrogen (secondary N) is 1. The van der Waals surface area contributed by atoms with Crippen molar-refractivity contribution < 1.29 is 9.59 Å². The molecule has 2 amide bonds.